The lowest BCUT2D eigenvalue weighted by atomic mass is 9.91. The zero-order valence-corrected chi connectivity index (χ0v) is 19.7. The Kier molecular flexibility index (Phi) is 7.66. The van der Waals surface area contributed by atoms with Gasteiger partial charge in [-0.2, -0.15) is 26.3 Å². The number of nitrogens with zero attached hydrogens (tertiary/aromatic N) is 1. The van der Waals surface area contributed by atoms with Crippen LogP contribution in [0.1, 0.15) is 53.9 Å². The number of amides is 1. The quantitative estimate of drug-likeness (QED) is 0.478. The summed E-state index contributed by atoms with van der Waals surface area (Å²) in [5, 5.41) is 2.98. The maximum absolute atomic E-state index is 13.2. The van der Waals surface area contributed by atoms with Gasteiger partial charge < -0.3 is 10.1 Å². The lowest BCUT2D eigenvalue weighted by Gasteiger charge is -2.35. The summed E-state index contributed by atoms with van der Waals surface area (Å²) >= 11 is 0. The fourth-order valence-electron chi connectivity index (χ4n) is 5.32. The fraction of sp³-hybridized carbons (Fsp3) is 0.500. The Balaban J connectivity index is 1.49. The third-order valence-electron chi connectivity index (χ3n) is 7.10. The Morgan fingerprint density at radius 3 is 2.14 bits per heavy atom. The molecule has 4 nitrogen and oxygen atoms in total. The van der Waals surface area contributed by atoms with Gasteiger partial charge in [0.25, 0.3) is 0 Å². The minimum absolute atomic E-state index is 0.00761. The highest BCUT2D eigenvalue weighted by atomic mass is 19.4. The van der Waals surface area contributed by atoms with E-state index in [9.17, 15) is 31.1 Å². The van der Waals surface area contributed by atoms with Gasteiger partial charge in [-0.15, -0.1) is 0 Å². The molecule has 3 unspecified atom stereocenters. The Morgan fingerprint density at radius 1 is 0.944 bits per heavy atom. The highest BCUT2D eigenvalue weighted by Crippen LogP contribution is 2.41. The van der Waals surface area contributed by atoms with Gasteiger partial charge in [0, 0.05) is 18.4 Å². The average molecular weight is 515 g/mol. The first-order chi connectivity index (χ1) is 16.9. The number of hydrogen-bond acceptors (Lipinski definition) is 3. The van der Waals surface area contributed by atoms with Crippen LogP contribution in [0.25, 0.3) is 0 Å². The second kappa shape index (κ2) is 10.4. The highest BCUT2D eigenvalue weighted by Gasteiger charge is 2.43. The van der Waals surface area contributed by atoms with Crippen molar-refractivity contribution < 1.29 is 35.9 Å². The van der Waals surface area contributed by atoms with Crippen LogP contribution in [0, 0.1) is 0 Å². The van der Waals surface area contributed by atoms with Crippen molar-refractivity contribution in [2.75, 3.05) is 13.7 Å². The number of likely N-dealkylation sites (N-methyl/N-ethyl adjacent to an activating group) is 1. The van der Waals surface area contributed by atoms with E-state index in [4.69, 9.17) is 4.74 Å². The highest BCUT2D eigenvalue weighted by molar-refractivity contribution is 5.78. The van der Waals surface area contributed by atoms with Crippen molar-refractivity contribution in [3.05, 3.63) is 70.8 Å². The van der Waals surface area contributed by atoms with Crippen LogP contribution >= 0.6 is 0 Å². The van der Waals surface area contributed by atoms with E-state index in [0.29, 0.717) is 19.3 Å². The van der Waals surface area contributed by atoms with Crippen LogP contribution in [0.2, 0.25) is 0 Å². The van der Waals surface area contributed by atoms with E-state index in [2.05, 4.69) is 10.2 Å². The predicted octanol–water partition coefficient (Wildman–Crippen LogP) is 5.77. The molecule has 0 spiro atoms. The summed E-state index contributed by atoms with van der Waals surface area (Å²) in [7, 11) is 1.96. The lowest BCUT2D eigenvalue weighted by molar-refractivity contribution is -0.143. The van der Waals surface area contributed by atoms with Gasteiger partial charge in [0.2, 0.25) is 5.91 Å². The van der Waals surface area contributed by atoms with Gasteiger partial charge in [-0.1, -0.05) is 30.3 Å². The van der Waals surface area contributed by atoms with Crippen molar-refractivity contribution in [3.8, 4) is 0 Å². The Bertz CT molecular complexity index is 1020. The standard InChI is InChI=1S/C26H28F6N2O2/c1-34(22-9-10-23(35)33-22)20-7-8-21(24(20)17-5-3-2-4-6-17)36-12-11-16-13-18(25(27,28)29)15-19(14-16)26(30,31)32/h2-6,13-15,20-22,24H,7-12H2,1H3,(H,33,35)/t20?,21?,22-,24?/m0/s1. The van der Waals surface area contributed by atoms with Crippen molar-refractivity contribution in [2.45, 2.75) is 68.7 Å². The molecule has 1 saturated carbocycles. The summed E-state index contributed by atoms with van der Waals surface area (Å²) < 4.78 is 85.2. The second-order valence-electron chi connectivity index (χ2n) is 9.44. The maximum atomic E-state index is 13.2. The van der Waals surface area contributed by atoms with Crippen molar-refractivity contribution in [1.82, 2.24) is 10.2 Å². The first-order valence-electron chi connectivity index (χ1n) is 11.9. The number of carbonyl (C=O) groups excluding carboxylic acids is 1. The van der Waals surface area contributed by atoms with E-state index in [1.807, 2.05) is 37.4 Å². The molecule has 1 aliphatic heterocycles. The number of ether oxygens (including phenoxy) is 1. The number of halogens is 6. The molecule has 0 aromatic heterocycles. The number of alkyl halides is 6. The van der Waals surface area contributed by atoms with Gasteiger partial charge in [0.1, 0.15) is 0 Å². The predicted molar refractivity (Wildman–Crippen MR) is 121 cm³/mol. The van der Waals surface area contributed by atoms with Crippen molar-refractivity contribution in [3.63, 3.8) is 0 Å². The molecule has 2 aromatic carbocycles. The minimum atomic E-state index is -4.88. The van der Waals surface area contributed by atoms with E-state index in [-0.39, 0.29) is 54.8 Å². The average Bonchev–Trinajstić information content (AvgIpc) is 3.44. The topological polar surface area (TPSA) is 41.6 Å². The Labute approximate surface area is 205 Å². The summed E-state index contributed by atoms with van der Waals surface area (Å²) in [5.74, 6) is -0.0471. The molecule has 1 aliphatic carbocycles. The van der Waals surface area contributed by atoms with Gasteiger partial charge in [0.05, 0.1) is 30.0 Å². The summed E-state index contributed by atoms with van der Waals surface area (Å²) in [5.41, 5.74) is -1.68. The van der Waals surface area contributed by atoms with Crippen LogP contribution in [0.3, 0.4) is 0 Å². The largest absolute Gasteiger partial charge is 0.416 e. The molecular formula is C26H28F6N2O2. The van der Waals surface area contributed by atoms with Gasteiger partial charge >= 0.3 is 12.4 Å². The molecule has 2 aromatic rings. The van der Waals surface area contributed by atoms with E-state index in [1.54, 1.807) is 0 Å². The van der Waals surface area contributed by atoms with E-state index in [1.165, 1.54) is 0 Å². The number of hydrogen-bond donors (Lipinski definition) is 1. The molecule has 1 amide bonds. The third-order valence-corrected chi connectivity index (χ3v) is 7.10. The summed E-state index contributed by atoms with van der Waals surface area (Å²) in [6, 6.07) is 11.4. The molecule has 1 N–H and O–H groups in total. The van der Waals surface area contributed by atoms with Crippen LogP contribution in [0.15, 0.2) is 48.5 Å². The molecule has 1 saturated heterocycles. The molecule has 4 atom stereocenters. The van der Waals surface area contributed by atoms with Crippen LogP contribution in [-0.2, 0) is 28.3 Å². The smallest absolute Gasteiger partial charge is 0.377 e. The second-order valence-corrected chi connectivity index (χ2v) is 9.44. The molecule has 196 valence electrons. The molecule has 2 fully saturated rings. The van der Waals surface area contributed by atoms with Crippen molar-refractivity contribution >= 4 is 5.91 Å². The molecule has 10 heteroatoms. The van der Waals surface area contributed by atoms with Crippen molar-refractivity contribution in [2.24, 2.45) is 0 Å². The molecular weight excluding hydrogens is 486 g/mol. The third kappa shape index (κ3) is 6.03. The Morgan fingerprint density at radius 2 is 1.58 bits per heavy atom. The van der Waals surface area contributed by atoms with Gasteiger partial charge in [-0.3, -0.25) is 9.69 Å². The van der Waals surface area contributed by atoms with Gasteiger partial charge in [-0.25, -0.2) is 0 Å². The molecule has 1 heterocycles. The fourth-order valence-corrected chi connectivity index (χ4v) is 5.32. The minimum Gasteiger partial charge on any atom is -0.377 e. The van der Waals surface area contributed by atoms with E-state index >= 15 is 0 Å². The normalized spacial score (nSPS) is 24.9. The van der Waals surface area contributed by atoms with Gasteiger partial charge in [0.15, 0.2) is 0 Å². The molecule has 4 rings (SSSR count). The van der Waals surface area contributed by atoms with Crippen molar-refractivity contribution in [1.29, 1.82) is 0 Å². The van der Waals surface area contributed by atoms with Crippen LogP contribution in [0.5, 0.6) is 0 Å². The first-order valence-corrected chi connectivity index (χ1v) is 11.9. The monoisotopic (exact) mass is 514 g/mol. The zero-order chi connectivity index (χ0) is 26.1. The number of nitrogens with one attached hydrogen (secondary N) is 1. The maximum Gasteiger partial charge on any atom is 0.416 e. The number of benzene rings is 2. The molecule has 0 bridgehead atoms. The molecule has 2 aliphatic rings. The molecule has 36 heavy (non-hydrogen) atoms. The van der Waals surface area contributed by atoms with Crippen LogP contribution in [-0.4, -0.2) is 42.8 Å². The lowest BCUT2D eigenvalue weighted by Crippen LogP contribution is -2.48. The van der Waals surface area contributed by atoms with Gasteiger partial charge in [-0.05, 0) is 62.1 Å². The number of carbonyl (C=O) groups is 1. The first kappa shape index (κ1) is 26.5. The Hall–Kier alpha value is -2.59. The summed E-state index contributed by atoms with van der Waals surface area (Å²) in [4.78, 5) is 13.9. The molecule has 0 radical (unpaired) electrons. The zero-order valence-electron chi connectivity index (χ0n) is 19.7. The van der Waals surface area contributed by atoms with Crippen LogP contribution < -0.4 is 5.32 Å². The summed E-state index contributed by atoms with van der Waals surface area (Å²) in [6.07, 6.45) is -7.54. The van der Waals surface area contributed by atoms with Crippen LogP contribution in [0.4, 0.5) is 26.3 Å². The SMILES string of the molecule is CN(C1CCC(OCCc2cc(C(F)(F)F)cc(C(F)(F)F)c2)C1c1ccccc1)[C@H]1CCC(=O)N1. The summed E-state index contributed by atoms with van der Waals surface area (Å²) in [6.45, 7) is -0.0107. The number of rotatable bonds is 7. The van der Waals surface area contributed by atoms with E-state index < -0.39 is 23.5 Å². The van der Waals surface area contributed by atoms with E-state index in [0.717, 1.165) is 24.1 Å².